The molecule has 0 saturated carbocycles. The third kappa shape index (κ3) is 2.80. The minimum atomic E-state index is -0.330. The molecule has 0 aliphatic carbocycles. The van der Waals surface area contributed by atoms with Gasteiger partial charge in [0.15, 0.2) is 0 Å². The van der Waals surface area contributed by atoms with E-state index in [-0.39, 0.29) is 5.63 Å². The third-order valence-electron chi connectivity index (χ3n) is 2.74. The fourth-order valence-corrected chi connectivity index (χ4v) is 1.81. The van der Waals surface area contributed by atoms with Crippen molar-refractivity contribution < 1.29 is 9.15 Å². The van der Waals surface area contributed by atoms with E-state index in [0.29, 0.717) is 12.2 Å². The Hall–Kier alpha value is -2.03. The molecule has 0 amide bonds. The second-order valence-electron chi connectivity index (χ2n) is 4.19. The summed E-state index contributed by atoms with van der Waals surface area (Å²) in [5.41, 5.74) is 1.16. The fraction of sp³-hybridized carbons (Fsp3) is 0.267. The summed E-state index contributed by atoms with van der Waals surface area (Å²) in [6.45, 7) is 6.19. The molecule has 0 radical (unpaired) electrons. The summed E-state index contributed by atoms with van der Waals surface area (Å²) in [7, 11) is 0. The van der Waals surface area contributed by atoms with Gasteiger partial charge in [-0.2, -0.15) is 0 Å². The van der Waals surface area contributed by atoms with Crippen LogP contribution in [0.3, 0.4) is 0 Å². The highest BCUT2D eigenvalue weighted by molar-refractivity contribution is 5.81. The SMILES string of the molecule is C=CCCCOc1ccc2c(C)cc(=O)oc2c1. The molecule has 0 spiro atoms. The Kier molecular flexibility index (Phi) is 3.82. The summed E-state index contributed by atoms with van der Waals surface area (Å²) in [5, 5.41) is 0.938. The van der Waals surface area contributed by atoms with E-state index >= 15 is 0 Å². The minimum Gasteiger partial charge on any atom is -0.493 e. The van der Waals surface area contributed by atoms with Gasteiger partial charge < -0.3 is 9.15 Å². The van der Waals surface area contributed by atoms with Gasteiger partial charge in [0.1, 0.15) is 11.3 Å². The van der Waals surface area contributed by atoms with Crippen molar-refractivity contribution in [3.63, 3.8) is 0 Å². The molecule has 0 fully saturated rings. The van der Waals surface area contributed by atoms with Crippen LogP contribution in [0.25, 0.3) is 11.0 Å². The molecule has 1 aromatic carbocycles. The van der Waals surface area contributed by atoms with E-state index < -0.39 is 0 Å². The quantitative estimate of drug-likeness (QED) is 0.459. The van der Waals surface area contributed by atoms with Crippen LogP contribution in [0.1, 0.15) is 18.4 Å². The van der Waals surface area contributed by atoms with Crippen LogP contribution >= 0.6 is 0 Å². The standard InChI is InChI=1S/C15H16O3/c1-3-4-5-8-17-12-6-7-13-11(2)9-15(16)18-14(13)10-12/h3,6-7,9-10H,1,4-5,8H2,2H3. The Morgan fingerprint density at radius 1 is 1.39 bits per heavy atom. The molecule has 0 N–H and O–H groups in total. The van der Waals surface area contributed by atoms with Crippen molar-refractivity contribution in [1.82, 2.24) is 0 Å². The van der Waals surface area contributed by atoms with Gasteiger partial charge in [-0.25, -0.2) is 4.79 Å². The number of benzene rings is 1. The van der Waals surface area contributed by atoms with Crippen LogP contribution in [0, 0.1) is 6.92 Å². The zero-order chi connectivity index (χ0) is 13.0. The number of fused-ring (bicyclic) bond motifs is 1. The zero-order valence-electron chi connectivity index (χ0n) is 10.4. The van der Waals surface area contributed by atoms with Crippen LogP contribution in [0.4, 0.5) is 0 Å². The molecular weight excluding hydrogens is 228 g/mol. The highest BCUT2D eigenvalue weighted by atomic mass is 16.5. The minimum absolute atomic E-state index is 0.330. The van der Waals surface area contributed by atoms with E-state index in [4.69, 9.17) is 9.15 Å². The maximum Gasteiger partial charge on any atom is 0.336 e. The van der Waals surface area contributed by atoms with Crippen LogP contribution in [-0.4, -0.2) is 6.61 Å². The lowest BCUT2D eigenvalue weighted by atomic mass is 10.1. The van der Waals surface area contributed by atoms with E-state index in [2.05, 4.69) is 6.58 Å². The maximum atomic E-state index is 11.3. The summed E-state index contributed by atoms with van der Waals surface area (Å²) in [5.74, 6) is 0.723. The molecule has 3 nitrogen and oxygen atoms in total. The first kappa shape index (κ1) is 12.4. The molecule has 0 atom stereocenters. The molecule has 3 heteroatoms. The Morgan fingerprint density at radius 2 is 2.22 bits per heavy atom. The van der Waals surface area contributed by atoms with Crippen molar-refractivity contribution in [1.29, 1.82) is 0 Å². The molecule has 0 bridgehead atoms. The lowest BCUT2D eigenvalue weighted by molar-refractivity contribution is 0.312. The molecule has 1 heterocycles. The van der Waals surface area contributed by atoms with E-state index in [1.165, 1.54) is 6.07 Å². The van der Waals surface area contributed by atoms with Crippen LogP contribution in [0.15, 0.2) is 46.1 Å². The summed E-state index contributed by atoms with van der Waals surface area (Å²) in [6, 6.07) is 7.06. The highest BCUT2D eigenvalue weighted by Crippen LogP contribution is 2.22. The summed E-state index contributed by atoms with van der Waals surface area (Å²) >= 11 is 0. The zero-order valence-corrected chi connectivity index (χ0v) is 10.4. The topological polar surface area (TPSA) is 39.4 Å². The van der Waals surface area contributed by atoms with Crippen LogP contribution in [-0.2, 0) is 0 Å². The lowest BCUT2D eigenvalue weighted by Crippen LogP contribution is -1.99. The number of rotatable bonds is 5. The molecule has 94 valence electrons. The largest absolute Gasteiger partial charge is 0.493 e. The van der Waals surface area contributed by atoms with E-state index in [9.17, 15) is 4.79 Å². The first-order valence-electron chi connectivity index (χ1n) is 5.99. The fourth-order valence-electron chi connectivity index (χ4n) is 1.81. The van der Waals surface area contributed by atoms with Crippen molar-refractivity contribution in [2.45, 2.75) is 19.8 Å². The van der Waals surface area contributed by atoms with Gasteiger partial charge in [-0.3, -0.25) is 0 Å². The molecule has 2 aromatic rings. The molecule has 0 aliphatic rings. The number of ether oxygens (including phenoxy) is 1. The Balaban J connectivity index is 2.21. The maximum absolute atomic E-state index is 11.3. The summed E-state index contributed by atoms with van der Waals surface area (Å²) in [4.78, 5) is 11.3. The average molecular weight is 244 g/mol. The average Bonchev–Trinajstić information content (AvgIpc) is 2.34. The van der Waals surface area contributed by atoms with Gasteiger partial charge in [0.05, 0.1) is 6.61 Å². The molecule has 1 aromatic heterocycles. The third-order valence-corrected chi connectivity index (χ3v) is 2.74. The van der Waals surface area contributed by atoms with Crippen molar-refractivity contribution in [2.75, 3.05) is 6.61 Å². The monoisotopic (exact) mass is 244 g/mol. The molecule has 2 rings (SSSR count). The van der Waals surface area contributed by atoms with E-state index in [0.717, 1.165) is 29.5 Å². The summed E-state index contributed by atoms with van der Waals surface area (Å²) in [6.07, 6.45) is 3.73. The predicted molar refractivity (Wildman–Crippen MR) is 72.1 cm³/mol. The summed E-state index contributed by atoms with van der Waals surface area (Å²) < 4.78 is 10.7. The van der Waals surface area contributed by atoms with E-state index in [1.54, 1.807) is 6.07 Å². The predicted octanol–water partition coefficient (Wildman–Crippen LogP) is 3.45. The first-order valence-corrected chi connectivity index (χ1v) is 5.99. The molecule has 18 heavy (non-hydrogen) atoms. The first-order chi connectivity index (χ1) is 8.70. The van der Waals surface area contributed by atoms with Gasteiger partial charge in [-0.15, -0.1) is 6.58 Å². The van der Waals surface area contributed by atoms with Gasteiger partial charge in [0.25, 0.3) is 0 Å². The number of unbranched alkanes of at least 4 members (excludes halogenated alkanes) is 1. The molecular formula is C15H16O3. The second-order valence-corrected chi connectivity index (χ2v) is 4.19. The van der Waals surface area contributed by atoms with Gasteiger partial charge >= 0.3 is 5.63 Å². The number of allylic oxidation sites excluding steroid dienone is 1. The Bertz CT molecular complexity index is 611. The second kappa shape index (κ2) is 5.54. The molecule has 0 unspecified atom stereocenters. The van der Waals surface area contributed by atoms with Crippen molar-refractivity contribution in [2.24, 2.45) is 0 Å². The van der Waals surface area contributed by atoms with Crippen LogP contribution in [0.5, 0.6) is 5.75 Å². The lowest BCUT2D eigenvalue weighted by Gasteiger charge is -2.06. The van der Waals surface area contributed by atoms with Gasteiger partial charge in [0, 0.05) is 17.5 Å². The van der Waals surface area contributed by atoms with Crippen molar-refractivity contribution in [3.05, 3.63) is 52.9 Å². The van der Waals surface area contributed by atoms with Crippen molar-refractivity contribution in [3.8, 4) is 5.75 Å². The smallest absolute Gasteiger partial charge is 0.336 e. The highest BCUT2D eigenvalue weighted by Gasteiger charge is 2.03. The normalized spacial score (nSPS) is 10.5. The van der Waals surface area contributed by atoms with Gasteiger partial charge in [-0.1, -0.05) is 6.08 Å². The Morgan fingerprint density at radius 3 is 3.00 bits per heavy atom. The van der Waals surface area contributed by atoms with Crippen LogP contribution < -0.4 is 10.4 Å². The number of aryl methyl sites for hydroxylation is 1. The van der Waals surface area contributed by atoms with Gasteiger partial charge in [0.2, 0.25) is 0 Å². The van der Waals surface area contributed by atoms with Crippen molar-refractivity contribution >= 4 is 11.0 Å². The Labute approximate surface area is 106 Å². The molecule has 0 saturated heterocycles. The van der Waals surface area contributed by atoms with Gasteiger partial charge in [-0.05, 0) is 37.5 Å². The van der Waals surface area contributed by atoms with E-state index in [1.807, 2.05) is 25.1 Å². The van der Waals surface area contributed by atoms with Crippen LogP contribution in [0.2, 0.25) is 0 Å². The number of hydrogen-bond acceptors (Lipinski definition) is 3. The number of hydrogen-bond donors (Lipinski definition) is 0. The molecule has 0 aliphatic heterocycles.